The van der Waals surface area contributed by atoms with Gasteiger partial charge >= 0.3 is 0 Å². The summed E-state index contributed by atoms with van der Waals surface area (Å²) in [5.41, 5.74) is 3.16. The van der Waals surface area contributed by atoms with E-state index in [0.717, 1.165) is 34.9 Å². The lowest BCUT2D eigenvalue weighted by Crippen LogP contribution is -2.22. The molecule has 0 saturated carbocycles. The van der Waals surface area contributed by atoms with Crippen LogP contribution in [-0.4, -0.2) is 11.2 Å². The Labute approximate surface area is 120 Å². The van der Waals surface area contributed by atoms with Crippen molar-refractivity contribution >= 4 is 0 Å². The molecule has 1 aromatic carbocycles. The monoisotopic (exact) mass is 274 g/mol. The standard InChI is InChI=1S/C16H22N2O2/c1-11(2)17-9-14-7-5-6-12(3)16(14)19-10-15-8-13(4)18-20-15/h5-8,11,17H,9-10H2,1-4H3. The van der Waals surface area contributed by atoms with Crippen molar-refractivity contribution in [2.45, 2.75) is 46.9 Å². The summed E-state index contributed by atoms with van der Waals surface area (Å²) in [6, 6.07) is 8.53. The quantitative estimate of drug-likeness (QED) is 0.877. The van der Waals surface area contributed by atoms with Crippen LogP contribution >= 0.6 is 0 Å². The lowest BCUT2D eigenvalue weighted by atomic mass is 10.1. The van der Waals surface area contributed by atoms with Crippen LogP contribution in [0.2, 0.25) is 0 Å². The smallest absolute Gasteiger partial charge is 0.174 e. The first-order chi connectivity index (χ1) is 9.56. The van der Waals surface area contributed by atoms with Crippen molar-refractivity contribution in [1.29, 1.82) is 0 Å². The van der Waals surface area contributed by atoms with Crippen LogP contribution < -0.4 is 10.1 Å². The number of rotatable bonds is 6. The van der Waals surface area contributed by atoms with E-state index in [1.807, 2.05) is 13.0 Å². The second-order valence-corrected chi connectivity index (χ2v) is 5.32. The van der Waals surface area contributed by atoms with E-state index in [9.17, 15) is 0 Å². The second kappa shape index (κ2) is 6.57. The Hall–Kier alpha value is -1.81. The average Bonchev–Trinajstić information content (AvgIpc) is 2.81. The van der Waals surface area contributed by atoms with E-state index in [4.69, 9.17) is 9.26 Å². The van der Waals surface area contributed by atoms with Crippen molar-refractivity contribution in [2.24, 2.45) is 0 Å². The van der Waals surface area contributed by atoms with E-state index in [-0.39, 0.29) is 0 Å². The first-order valence-corrected chi connectivity index (χ1v) is 6.93. The lowest BCUT2D eigenvalue weighted by Gasteiger charge is -2.15. The Morgan fingerprint density at radius 2 is 2.10 bits per heavy atom. The molecule has 4 heteroatoms. The Bertz CT molecular complexity index is 561. The number of aromatic nitrogens is 1. The summed E-state index contributed by atoms with van der Waals surface area (Å²) in [5.74, 6) is 1.67. The Morgan fingerprint density at radius 1 is 1.30 bits per heavy atom. The fourth-order valence-electron chi connectivity index (χ4n) is 2.00. The zero-order chi connectivity index (χ0) is 14.5. The second-order valence-electron chi connectivity index (χ2n) is 5.32. The minimum atomic E-state index is 0.403. The van der Waals surface area contributed by atoms with Gasteiger partial charge in [0.05, 0.1) is 5.69 Å². The molecule has 0 aliphatic carbocycles. The molecular weight excluding hydrogens is 252 g/mol. The molecular formula is C16H22N2O2. The van der Waals surface area contributed by atoms with Crippen LogP contribution in [0.15, 0.2) is 28.8 Å². The largest absolute Gasteiger partial charge is 0.485 e. The molecule has 0 spiro atoms. The van der Waals surface area contributed by atoms with Crippen molar-refractivity contribution in [3.8, 4) is 5.75 Å². The Kier molecular flexibility index (Phi) is 4.79. The summed E-state index contributed by atoms with van der Waals surface area (Å²) in [7, 11) is 0. The van der Waals surface area contributed by atoms with Gasteiger partial charge in [-0.05, 0) is 19.4 Å². The molecule has 1 heterocycles. The van der Waals surface area contributed by atoms with Gasteiger partial charge in [0.1, 0.15) is 12.4 Å². The molecule has 0 bridgehead atoms. The summed E-state index contributed by atoms with van der Waals surface area (Å²) in [4.78, 5) is 0. The van der Waals surface area contributed by atoms with E-state index < -0.39 is 0 Å². The highest BCUT2D eigenvalue weighted by Crippen LogP contribution is 2.24. The first kappa shape index (κ1) is 14.6. The van der Waals surface area contributed by atoms with Gasteiger partial charge in [-0.1, -0.05) is 37.2 Å². The molecule has 2 aromatic rings. The molecule has 0 saturated heterocycles. The maximum Gasteiger partial charge on any atom is 0.174 e. The topological polar surface area (TPSA) is 47.3 Å². The molecule has 0 unspecified atom stereocenters. The predicted molar refractivity (Wildman–Crippen MR) is 78.7 cm³/mol. The third-order valence-corrected chi connectivity index (χ3v) is 3.03. The maximum atomic E-state index is 5.93. The number of nitrogens with one attached hydrogen (secondary N) is 1. The zero-order valence-electron chi connectivity index (χ0n) is 12.6. The van der Waals surface area contributed by atoms with Crippen LogP contribution in [0.1, 0.15) is 36.4 Å². The summed E-state index contributed by atoms with van der Waals surface area (Å²) in [5, 5.41) is 7.28. The first-order valence-electron chi connectivity index (χ1n) is 6.93. The van der Waals surface area contributed by atoms with E-state index in [1.165, 1.54) is 0 Å². The van der Waals surface area contributed by atoms with E-state index in [2.05, 4.69) is 49.4 Å². The van der Waals surface area contributed by atoms with Crippen LogP contribution in [0.25, 0.3) is 0 Å². The van der Waals surface area contributed by atoms with Crippen molar-refractivity contribution in [1.82, 2.24) is 10.5 Å². The van der Waals surface area contributed by atoms with Crippen molar-refractivity contribution < 1.29 is 9.26 Å². The molecule has 0 atom stereocenters. The number of benzene rings is 1. The van der Waals surface area contributed by atoms with Gasteiger partial charge in [0.2, 0.25) is 0 Å². The molecule has 4 nitrogen and oxygen atoms in total. The van der Waals surface area contributed by atoms with Crippen LogP contribution in [0, 0.1) is 13.8 Å². The van der Waals surface area contributed by atoms with Crippen LogP contribution in [0.3, 0.4) is 0 Å². The van der Waals surface area contributed by atoms with E-state index in [1.54, 1.807) is 0 Å². The lowest BCUT2D eigenvalue weighted by molar-refractivity contribution is 0.245. The van der Waals surface area contributed by atoms with E-state index >= 15 is 0 Å². The van der Waals surface area contributed by atoms with Gasteiger partial charge in [0.25, 0.3) is 0 Å². The highest BCUT2D eigenvalue weighted by Gasteiger charge is 2.09. The molecule has 0 radical (unpaired) electrons. The van der Waals surface area contributed by atoms with Gasteiger partial charge in [0.15, 0.2) is 5.76 Å². The minimum Gasteiger partial charge on any atom is -0.485 e. The molecule has 1 N–H and O–H groups in total. The number of hydrogen-bond donors (Lipinski definition) is 1. The Morgan fingerprint density at radius 3 is 2.75 bits per heavy atom. The molecule has 2 rings (SSSR count). The molecule has 0 aliphatic heterocycles. The Balaban J connectivity index is 2.08. The third kappa shape index (κ3) is 3.84. The minimum absolute atomic E-state index is 0.403. The molecule has 0 aliphatic rings. The molecule has 20 heavy (non-hydrogen) atoms. The van der Waals surface area contributed by atoms with Gasteiger partial charge < -0.3 is 14.6 Å². The average molecular weight is 274 g/mol. The van der Waals surface area contributed by atoms with Crippen molar-refractivity contribution in [3.05, 3.63) is 46.8 Å². The van der Waals surface area contributed by atoms with E-state index in [0.29, 0.717) is 12.6 Å². The number of hydrogen-bond acceptors (Lipinski definition) is 4. The highest BCUT2D eigenvalue weighted by molar-refractivity contribution is 5.40. The van der Waals surface area contributed by atoms with Crippen LogP contribution in [0.4, 0.5) is 0 Å². The SMILES string of the molecule is Cc1cc(COc2c(C)cccc2CNC(C)C)on1. The number of para-hydroxylation sites is 1. The predicted octanol–water partition coefficient (Wildman–Crippen LogP) is 3.37. The summed E-state index contributed by atoms with van der Waals surface area (Å²) in [6.45, 7) is 9.42. The van der Waals surface area contributed by atoms with Crippen molar-refractivity contribution in [2.75, 3.05) is 0 Å². The zero-order valence-corrected chi connectivity index (χ0v) is 12.6. The fourth-order valence-corrected chi connectivity index (χ4v) is 2.00. The number of aryl methyl sites for hydroxylation is 2. The van der Waals surface area contributed by atoms with Gasteiger partial charge in [-0.2, -0.15) is 0 Å². The molecule has 1 aromatic heterocycles. The third-order valence-electron chi connectivity index (χ3n) is 3.03. The number of ether oxygens (including phenoxy) is 1. The molecule has 0 amide bonds. The highest BCUT2D eigenvalue weighted by atomic mass is 16.5. The summed E-state index contributed by atoms with van der Waals surface area (Å²) < 4.78 is 11.1. The van der Waals surface area contributed by atoms with Gasteiger partial charge in [-0.25, -0.2) is 0 Å². The summed E-state index contributed by atoms with van der Waals surface area (Å²) in [6.07, 6.45) is 0. The fraction of sp³-hybridized carbons (Fsp3) is 0.438. The van der Waals surface area contributed by atoms with Gasteiger partial charge in [-0.15, -0.1) is 0 Å². The van der Waals surface area contributed by atoms with Crippen LogP contribution in [0.5, 0.6) is 5.75 Å². The summed E-state index contributed by atoms with van der Waals surface area (Å²) >= 11 is 0. The van der Waals surface area contributed by atoms with Gasteiger partial charge in [-0.3, -0.25) is 0 Å². The van der Waals surface area contributed by atoms with Crippen molar-refractivity contribution in [3.63, 3.8) is 0 Å². The molecule has 0 fully saturated rings. The number of nitrogens with zero attached hydrogens (tertiary/aromatic N) is 1. The van der Waals surface area contributed by atoms with Gasteiger partial charge in [0, 0.05) is 24.2 Å². The normalized spacial score (nSPS) is 11.1. The maximum absolute atomic E-state index is 5.93. The molecule has 108 valence electrons. The van der Waals surface area contributed by atoms with Crippen LogP contribution in [-0.2, 0) is 13.2 Å².